The van der Waals surface area contributed by atoms with E-state index in [9.17, 15) is 4.79 Å². The molecule has 116 valence electrons. The van der Waals surface area contributed by atoms with Crippen LogP contribution in [0.3, 0.4) is 0 Å². The Morgan fingerprint density at radius 1 is 1.17 bits per heavy atom. The van der Waals surface area contributed by atoms with Crippen molar-refractivity contribution in [1.29, 1.82) is 0 Å². The van der Waals surface area contributed by atoms with E-state index in [2.05, 4.69) is 10.1 Å². The summed E-state index contributed by atoms with van der Waals surface area (Å²) in [6.07, 6.45) is 3.21. The quantitative estimate of drug-likeness (QED) is 0.742. The highest BCUT2D eigenvalue weighted by atomic mass is 16.5. The first kappa shape index (κ1) is 13.8. The molecule has 1 aliphatic heterocycles. The van der Waals surface area contributed by atoms with Crippen molar-refractivity contribution >= 4 is 5.91 Å². The summed E-state index contributed by atoms with van der Waals surface area (Å²) in [6.45, 7) is 0.660. The van der Waals surface area contributed by atoms with E-state index in [1.807, 2.05) is 30.3 Å². The number of hydrogen-bond acceptors (Lipinski definition) is 5. The van der Waals surface area contributed by atoms with Gasteiger partial charge < -0.3 is 13.8 Å². The topological polar surface area (TPSA) is 72.4 Å². The molecule has 3 heterocycles. The van der Waals surface area contributed by atoms with Crippen LogP contribution >= 0.6 is 0 Å². The molecule has 1 atom stereocenters. The molecule has 0 bridgehead atoms. The molecule has 1 unspecified atom stereocenters. The fraction of sp³-hybridized carbons (Fsp3) is 0.235. The molecule has 1 aliphatic rings. The summed E-state index contributed by atoms with van der Waals surface area (Å²) in [6, 6.07) is 12.8. The summed E-state index contributed by atoms with van der Waals surface area (Å²) >= 11 is 0. The average Bonchev–Trinajstić information content (AvgIpc) is 3.35. The third kappa shape index (κ3) is 2.52. The minimum absolute atomic E-state index is 0.142. The lowest BCUT2D eigenvalue weighted by Gasteiger charge is -2.20. The number of likely N-dealkylation sites (tertiary alicyclic amines) is 1. The van der Waals surface area contributed by atoms with E-state index in [1.165, 1.54) is 6.26 Å². The van der Waals surface area contributed by atoms with Crippen LogP contribution in [0.25, 0.3) is 11.4 Å². The molecule has 0 saturated carbocycles. The lowest BCUT2D eigenvalue weighted by Crippen LogP contribution is -2.30. The standard InChI is InChI=1S/C17H15N3O3/c21-17(14-9-5-11-22-14)20-10-4-8-13(20)16-18-15(19-23-16)12-6-2-1-3-7-12/h1-3,5-7,9,11,13H,4,8,10H2. The second-order valence-corrected chi connectivity index (χ2v) is 5.46. The first-order chi connectivity index (χ1) is 11.3. The van der Waals surface area contributed by atoms with Crippen LogP contribution in [0.2, 0.25) is 0 Å². The van der Waals surface area contributed by atoms with Gasteiger partial charge in [-0.1, -0.05) is 35.5 Å². The van der Waals surface area contributed by atoms with Crippen molar-refractivity contribution in [1.82, 2.24) is 15.0 Å². The van der Waals surface area contributed by atoms with Crippen LogP contribution in [-0.4, -0.2) is 27.5 Å². The van der Waals surface area contributed by atoms with Gasteiger partial charge in [0.25, 0.3) is 5.91 Å². The molecule has 2 aromatic heterocycles. The molecule has 6 nitrogen and oxygen atoms in total. The molecule has 6 heteroatoms. The number of amides is 1. The van der Waals surface area contributed by atoms with Crippen LogP contribution < -0.4 is 0 Å². The Hall–Kier alpha value is -2.89. The van der Waals surface area contributed by atoms with Gasteiger partial charge >= 0.3 is 0 Å². The van der Waals surface area contributed by atoms with Gasteiger partial charge in [-0.3, -0.25) is 4.79 Å². The largest absolute Gasteiger partial charge is 0.459 e. The molecule has 0 N–H and O–H groups in total. The van der Waals surface area contributed by atoms with Gasteiger partial charge in [0.05, 0.1) is 6.26 Å². The summed E-state index contributed by atoms with van der Waals surface area (Å²) in [4.78, 5) is 18.7. The van der Waals surface area contributed by atoms with E-state index in [4.69, 9.17) is 8.94 Å². The van der Waals surface area contributed by atoms with E-state index in [1.54, 1.807) is 17.0 Å². The third-order valence-electron chi connectivity index (χ3n) is 4.00. The smallest absolute Gasteiger partial charge is 0.290 e. The van der Waals surface area contributed by atoms with Gasteiger partial charge in [-0.05, 0) is 25.0 Å². The number of aromatic nitrogens is 2. The van der Waals surface area contributed by atoms with Crippen LogP contribution in [0.4, 0.5) is 0 Å². The minimum Gasteiger partial charge on any atom is -0.459 e. The van der Waals surface area contributed by atoms with Crippen molar-refractivity contribution in [3.63, 3.8) is 0 Å². The predicted molar refractivity (Wildman–Crippen MR) is 81.5 cm³/mol. The van der Waals surface area contributed by atoms with Gasteiger partial charge in [-0.2, -0.15) is 4.98 Å². The molecule has 1 fully saturated rings. The van der Waals surface area contributed by atoms with E-state index >= 15 is 0 Å². The molecular weight excluding hydrogens is 294 g/mol. The minimum atomic E-state index is -0.197. The molecule has 0 radical (unpaired) electrons. The van der Waals surface area contributed by atoms with E-state index in [-0.39, 0.29) is 11.9 Å². The summed E-state index contributed by atoms with van der Waals surface area (Å²) in [5, 5.41) is 4.04. The molecule has 1 saturated heterocycles. The van der Waals surface area contributed by atoms with Crippen molar-refractivity contribution in [2.75, 3.05) is 6.54 Å². The normalized spacial score (nSPS) is 17.6. The summed E-state index contributed by atoms with van der Waals surface area (Å²) in [5.74, 6) is 1.20. The zero-order valence-electron chi connectivity index (χ0n) is 12.4. The van der Waals surface area contributed by atoms with Crippen molar-refractivity contribution < 1.29 is 13.7 Å². The van der Waals surface area contributed by atoms with Gasteiger partial charge in [0, 0.05) is 12.1 Å². The Morgan fingerprint density at radius 3 is 2.83 bits per heavy atom. The van der Waals surface area contributed by atoms with Crippen molar-refractivity contribution in [2.45, 2.75) is 18.9 Å². The highest BCUT2D eigenvalue weighted by Gasteiger charge is 2.35. The zero-order chi connectivity index (χ0) is 15.6. The number of benzene rings is 1. The summed E-state index contributed by atoms with van der Waals surface area (Å²) < 4.78 is 10.6. The van der Waals surface area contributed by atoms with Crippen molar-refractivity contribution in [3.05, 3.63) is 60.4 Å². The molecule has 0 spiro atoms. The zero-order valence-corrected chi connectivity index (χ0v) is 12.4. The Bertz CT molecular complexity index is 796. The second kappa shape index (κ2) is 5.72. The van der Waals surface area contributed by atoms with Gasteiger partial charge in [-0.25, -0.2) is 0 Å². The Morgan fingerprint density at radius 2 is 2.04 bits per heavy atom. The summed E-state index contributed by atoms with van der Waals surface area (Å²) in [5.41, 5.74) is 0.893. The van der Waals surface area contributed by atoms with Crippen LogP contribution in [0.5, 0.6) is 0 Å². The number of rotatable bonds is 3. The van der Waals surface area contributed by atoms with Gasteiger partial charge in [-0.15, -0.1) is 0 Å². The number of nitrogens with zero attached hydrogens (tertiary/aromatic N) is 3. The van der Waals surface area contributed by atoms with E-state index < -0.39 is 0 Å². The number of furan rings is 1. The molecule has 1 aromatic carbocycles. The summed E-state index contributed by atoms with van der Waals surface area (Å²) in [7, 11) is 0. The fourth-order valence-corrected chi connectivity index (χ4v) is 2.88. The second-order valence-electron chi connectivity index (χ2n) is 5.46. The maximum Gasteiger partial charge on any atom is 0.290 e. The van der Waals surface area contributed by atoms with Crippen LogP contribution in [0.15, 0.2) is 57.7 Å². The van der Waals surface area contributed by atoms with Crippen LogP contribution in [-0.2, 0) is 0 Å². The number of carbonyl (C=O) groups excluding carboxylic acids is 1. The van der Waals surface area contributed by atoms with Crippen molar-refractivity contribution in [3.8, 4) is 11.4 Å². The van der Waals surface area contributed by atoms with Crippen LogP contribution in [0.1, 0.15) is 35.3 Å². The Kier molecular flexibility index (Phi) is 3.42. The maximum atomic E-state index is 12.5. The molecule has 0 aliphatic carbocycles. The molecular formula is C17H15N3O3. The van der Waals surface area contributed by atoms with Gasteiger partial charge in [0.2, 0.25) is 11.7 Å². The fourth-order valence-electron chi connectivity index (χ4n) is 2.88. The number of carbonyl (C=O) groups is 1. The Balaban J connectivity index is 1.60. The van der Waals surface area contributed by atoms with Crippen molar-refractivity contribution in [2.24, 2.45) is 0 Å². The highest BCUT2D eigenvalue weighted by molar-refractivity contribution is 5.91. The highest BCUT2D eigenvalue weighted by Crippen LogP contribution is 2.33. The predicted octanol–water partition coefficient (Wildman–Crippen LogP) is 3.31. The number of hydrogen-bond donors (Lipinski definition) is 0. The van der Waals surface area contributed by atoms with Crippen LogP contribution in [0, 0.1) is 0 Å². The Labute approximate surface area is 132 Å². The molecule has 4 rings (SSSR count). The maximum absolute atomic E-state index is 12.5. The average molecular weight is 309 g/mol. The first-order valence-corrected chi connectivity index (χ1v) is 7.56. The lowest BCUT2D eigenvalue weighted by molar-refractivity contribution is 0.0678. The third-order valence-corrected chi connectivity index (χ3v) is 4.00. The molecule has 1 amide bonds. The first-order valence-electron chi connectivity index (χ1n) is 7.56. The van der Waals surface area contributed by atoms with Gasteiger partial charge in [0.1, 0.15) is 6.04 Å². The SMILES string of the molecule is O=C(c1ccco1)N1CCCC1c1nc(-c2ccccc2)no1. The monoisotopic (exact) mass is 309 g/mol. The van der Waals surface area contributed by atoms with Gasteiger partial charge in [0.15, 0.2) is 5.76 Å². The molecule has 3 aromatic rings. The molecule has 23 heavy (non-hydrogen) atoms. The van der Waals surface area contributed by atoms with E-state index in [0.717, 1.165) is 18.4 Å². The van der Waals surface area contributed by atoms with E-state index in [0.29, 0.717) is 24.0 Å². The lowest BCUT2D eigenvalue weighted by atomic mass is 10.2.